The van der Waals surface area contributed by atoms with Gasteiger partial charge in [0.25, 0.3) is 5.91 Å². The van der Waals surface area contributed by atoms with Crippen molar-refractivity contribution in [1.82, 2.24) is 19.6 Å². The molecule has 0 aliphatic carbocycles. The third kappa shape index (κ3) is 6.32. The van der Waals surface area contributed by atoms with E-state index in [1.165, 1.54) is 4.68 Å². The van der Waals surface area contributed by atoms with Gasteiger partial charge in [-0.3, -0.25) is 4.79 Å². The summed E-state index contributed by atoms with van der Waals surface area (Å²) in [5.41, 5.74) is 8.03. The topological polar surface area (TPSA) is 103 Å². The summed E-state index contributed by atoms with van der Waals surface area (Å²) in [7, 11) is 0. The molecule has 2 amide bonds. The quantitative estimate of drug-likeness (QED) is 0.358. The zero-order valence-electron chi connectivity index (χ0n) is 22.3. The number of carbonyl (C=O) groups excluding carboxylic acids is 2. The second-order valence-electron chi connectivity index (χ2n) is 9.38. The fourth-order valence-electron chi connectivity index (χ4n) is 4.37. The van der Waals surface area contributed by atoms with Crippen LogP contribution in [0.25, 0.3) is 5.69 Å². The van der Waals surface area contributed by atoms with E-state index in [9.17, 15) is 9.59 Å². The highest BCUT2D eigenvalue weighted by molar-refractivity contribution is 6.32. The lowest BCUT2D eigenvalue weighted by molar-refractivity contribution is 0.0564. The monoisotopic (exact) mass is 573 g/mol. The van der Waals surface area contributed by atoms with Crippen LogP contribution in [-0.2, 0) is 4.74 Å². The number of amides is 2. The Morgan fingerprint density at radius 3 is 2.26 bits per heavy atom. The number of hydrogen-bond donors (Lipinski definition) is 1. The van der Waals surface area contributed by atoms with Crippen molar-refractivity contribution in [2.45, 2.75) is 33.2 Å². The fourth-order valence-corrected chi connectivity index (χ4v) is 4.71. The first-order chi connectivity index (χ1) is 18.7. The van der Waals surface area contributed by atoms with Gasteiger partial charge in [0.15, 0.2) is 5.69 Å². The van der Waals surface area contributed by atoms with Crippen LogP contribution < -0.4 is 10.5 Å². The number of ether oxygens (including phenoxy) is 2. The average Bonchev–Trinajstić information content (AvgIpc) is 3.32. The molecule has 2 atom stereocenters. The van der Waals surface area contributed by atoms with Gasteiger partial charge in [-0.2, -0.15) is 9.78 Å². The van der Waals surface area contributed by atoms with E-state index < -0.39 is 6.04 Å². The molecule has 1 fully saturated rings. The Morgan fingerprint density at radius 1 is 1.00 bits per heavy atom. The zero-order valence-corrected chi connectivity index (χ0v) is 23.8. The summed E-state index contributed by atoms with van der Waals surface area (Å²) < 4.78 is 13.0. The van der Waals surface area contributed by atoms with Gasteiger partial charge < -0.3 is 25.0 Å². The van der Waals surface area contributed by atoms with Gasteiger partial charge in [0.1, 0.15) is 5.75 Å². The molecule has 3 aromatic rings. The van der Waals surface area contributed by atoms with Crippen molar-refractivity contribution < 1.29 is 19.1 Å². The Kier molecular flexibility index (Phi) is 9.37. The minimum atomic E-state index is -0.548. The van der Waals surface area contributed by atoms with E-state index in [1.54, 1.807) is 53.1 Å². The lowest BCUT2D eigenvalue weighted by Crippen LogP contribution is -2.51. The normalized spacial score (nSPS) is 15.1. The van der Waals surface area contributed by atoms with Gasteiger partial charge in [-0.05, 0) is 49.2 Å². The molecule has 2 N–H and O–H groups in total. The molecule has 2 heterocycles. The van der Waals surface area contributed by atoms with E-state index in [4.69, 9.17) is 43.5 Å². The number of carbonyl (C=O) groups is 2. The number of para-hydroxylation sites is 1. The van der Waals surface area contributed by atoms with Crippen LogP contribution in [0.1, 0.15) is 49.3 Å². The molecular formula is C28H33Cl2N5O4. The third-order valence-electron chi connectivity index (χ3n) is 6.87. The van der Waals surface area contributed by atoms with E-state index >= 15 is 0 Å². The van der Waals surface area contributed by atoms with Crippen molar-refractivity contribution >= 4 is 35.2 Å². The number of halogens is 2. The standard InChI is InChI=1S/C28H33Cl2N5O4/c1-4-18(3)24(31)23-25(26(36)33-14-16-34(17-15-33)28(37)38-5-2)32-35(22-9-7-6-8-21(22)30)27(23)39-20-12-10-19(29)11-13-20/h6-13,18,24H,4-5,14-17,31H2,1-3H3. The maximum absolute atomic E-state index is 14.0. The first-order valence-corrected chi connectivity index (χ1v) is 13.8. The van der Waals surface area contributed by atoms with Gasteiger partial charge in [0.05, 0.1) is 22.9 Å². The Balaban J connectivity index is 1.80. The molecule has 2 aromatic carbocycles. The van der Waals surface area contributed by atoms with Crippen molar-refractivity contribution in [2.75, 3.05) is 32.8 Å². The van der Waals surface area contributed by atoms with Gasteiger partial charge in [0, 0.05) is 37.2 Å². The highest BCUT2D eigenvalue weighted by Gasteiger charge is 2.35. The molecular weight excluding hydrogens is 541 g/mol. The fraction of sp³-hybridized carbons (Fsp3) is 0.393. The van der Waals surface area contributed by atoms with E-state index in [-0.39, 0.29) is 23.6 Å². The molecule has 1 aliphatic heterocycles. The largest absolute Gasteiger partial charge is 0.450 e. The van der Waals surface area contributed by atoms with Crippen molar-refractivity contribution in [3.8, 4) is 17.3 Å². The molecule has 9 nitrogen and oxygen atoms in total. The van der Waals surface area contributed by atoms with E-state index in [1.807, 2.05) is 26.0 Å². The number of hydrogen-bond acceptors (Lipinski definition) is 6. The first-order valence-electron chi connectivity index (χ1n) is 13.0. The molecule has 0 spiro atoms. The summed E-state index contributed by atoms with van der Waals surface area (Å²) in [6.07, 6.45) is 0.399. The molecule has 1 aliphatic rings. The smallest absolute Gasteiger partial charge is 0.409 e. The number of rotatable bonds is 8. The van der Waals surface area contributed by atoms with Crippen LogP contribution in [0.15, 0.2) is 48.5 Å². The van der Waals surface area contributed by atoms with E-state index in [2.05, 4.69) is 0 Å². The zero-order chi connectivity index (χ0) is 28.1. The summed E-state index contributed by atoms with van der Waals surface area (Å²) in [4.78, 5) is 29.4. The minimum Gasteiger partial charge on any atom is -0.450 e. The van der Waals surface area contributed by atoms with E-state index in [0.29, 0.717) is 65.7 Å². The van der Waals surface area contributed by atoms with Crippen LogP contribution in [-0.4, -0.2) is 64.4 Å². The predicted octanol–water partition coefficient (Wildman–Crippen LogP) is 5.93. The molecule has 1 saturated heterocycles. The van der Waals surface area contributed by atoms with Gasteiger partial charge in [-0.15, -0.1) is 0 Å². The number of nitrogens with two attached hydrogens (primary N) is 1. The van der Waals surface area contributed by atoms with Crippen LogP contribution in [0.2, 0.25) is 10.0 Å². The Bertz CT molecular complexity index is 1310. The predicted molar refractivity (Wildman–Crippen MR) is 151 cm³/mol. The van der Waals surface area contributed by atoms with Gasteiger partial charge in [0.2, 0.25) is 5.88 Å². The maximum Gasteiger partial charge on any atom is 0.409 e. The first kappa shape index (κ1) is 28.7. The molecule has 0 saturated carbocycles. The molecule has 39 heavy (non-hydrogen) atoms. The Morgan fingerprint density at radius 2 is 1.64 bits per heavy atom. The highest BCUT2D eigenvalue weighted by Crippen LogP contribution is 2.39. The molecule has 4 rings (SSSR count). The third-order valence-corrected chi connectivity index (χ3v) is 7.44. The number of nitrogens with zero attached hydrogens (tertiary/aromatic N) is 4. The number of benzene rings is 2. The van der Waals surface area contributed by atoms with Crippen LogP contribution in [0.3, 0.4) is 0 Å². The van der Waals surface area contributed by atoms with Crippen LogP contribution in [0.5, 0.6) is 11.6 Å². The second kappa shape index (κ2) is 12.7. The number of aromatic nitrogens is 2. The van der Waals surface area contributed by atoms with Crippen LogP contribution in [0.4, 0.5) is 4.79 Å². The Hall–Kier alpha value is -3.27. The number of piperazine rings is 1. The van der Waals surface area contributed by atoms with Crippen LogP contribution >= 0.6 is 23.2 Å². The highest BCUT2D eigenvalue weighted by atomic mass is 35.5. The summed E-state index contributed by atoms with van der Waals surface area (Å²) >= 11 is 12.7. The summed E-state index contributed by atoms with van der Waals surface area (Å²) in [6, 6.07) is 13.6. The average molecular weight is 575 g/mol. The molecule has 2 unspecified atom stereocenters. The van der Waals surface area contributed by atoms with Crippen molar-refractivity contribution in [3.05, 3.63) is 69.8 Å². The molecule has 208 valence electrons. The van der Waals surface area contributed by atoms with Gasteiger partial charge >= 0.3 is 6.09 Å². The summed E-state index contributed by atoms with van der Waals surface area (Å²) in [5.74, 6) is 0.548. The summed E-state index contributed by atoms with van der Waals surface area (Å²) in [5, 5.41) is 5.76. The van der Waals surface area contributed by atoms with Crippen molar-refractivity contribution in [3.63, 3.8) is 0 Å². The molecule has 0 radical (unpaired) electrons. The van der Waals surface area contributed by atoms with Gasteiger partial charge in [-0.1, -0.05) is 55.6 Å². The van der Waals surface area contributed by atoms with Crippen LogP contribution in [0, 0.1) is 5.92 Å². The van der Waals surface area contributed by atoms with Gasteiger partial charge in [-0.25, -0.2) is 4.79 Å². The molecule has 11 heteroatoms. The molecule has 0 bridgehead atoms. The lowest BCUT2D eigenvalue weighted by Gasteiger charge is -2.34. The SMILES string of the molecule is CCOC(=O)N1CCN(C(=O)c2nn(-c3ccccc3Cl)c(Oc3ccc(Cl)cc3)c2C(N)C(C)CC)CC1. The minimum absolute atomic E-state index is 0.0219. The van der Waals surface area contributed by atoms with Crippen molar-refractivity contribution in [1.29, 1.82) is 0 Å². The lowest BCUT2D eigenvalue weighted by atomic mass is 9.92. The molecule has 1 aromatic heterocycles. The summed E-state index contributed by atoms with van der Waals surface area (Å²) in [6.45, 7) is 7.51. The van der Waals surface area contributed by atoms with E-state index in [0.717, 1.165) is 6.42 Å². The second-order valence-corrected chi connectivity index (χ2v) is 10.2. The van der Waals surface area contributed by atoms with Crippen molar-refractivity contribution in [2.24, 2.45) is 11.7 Å². The maximum atomic E-state index is 14.0. The Labute approximate surface area is 238 Å².